The number of aromatic nitrogens is 2. The number of nitrogens with zero attached hydrogens (tertiary/aromatic N) is 2. The van der Waals surface area contributed by atoms with Crippen molar-refractivity contribution >= 4 is 60.7 Å². The van der Waals surface area contributed by atoms with E-state index in [2.05, 4.69) is 0 Å². The maximum atomic E-state index is 12.3. The molecule has 0 atom stereocenters. The molecule has 0 unspecified atom stereocenters. The summed E-state index contributed by atoms with van der Waals surface area (Å²) in [5.74, 6) is -1.39. The van der Waals surface area contributed by atoms with Crippen LogP contribution in [0.2, 0.25) is 0 Å². The second kappa shape index (κ2) is 13.7. The van der Waals surface area contributed by atoms with E-state index in [1.54, 1.807) is 7.12 Å². The molecule has 2 aromatic heterocycles. The van der Waals surface area contributed by atoms with E-state index in [1.807, 2.05) is 48.5 Å². The van der Waals surface area contributed by atoms with Gasteiger partial charge in [0.25, 0.3) is 0 Å². The van der Waals surface area contributed by atoms with E-state index in [0.717, 1.165) is 19.3 Å². The molecule has 2 aromatic carbocycles. The molecule has 0 saturated carbocycles. The normalized spacial score (nSPS) is 11.2. The van der Waals surface area contributed by atoms with Crippen molar-refractivity contribution in [2.24, 2.45) is 0 Å². The Kier molecular flexibility index (Phi) is 10.1. The average molecular weight is 640 g/mol. The minimum atomic E-state index is -0.697. The fourth-order valence-electron chi connectivity index (χ4n) is 3.48. The second-order valence-electron chi connectivity index (χ2n) is 7.83. The molecule has 0 amide bonds. The summed E-state index contributed by atoms with van der Waals surface area (Å²) in [7, 11) is 0. The number of carbonyl (C=O) groups is 2. The van der Waals surface area contributed by atoms with E-state index in [4.69, 9.17) is 18.9 Å². The fraction of sp³-hybridized carbons (Fsp3) is 0.360. The third-order valence-corrected chi connectivity index (χ3v) is 9.96. The Hall–Kier alpha value is -2.72. The summed E-state index contributed by atoms with van der Waals surface area (Å²) in [6.07, 6.45) is -0.494. The van der Waals surface area contributed by atoms with E-state index in [0.29, 0.717) is 26.3 Å². The summed E-state index contributed by atoms with van der Waals surface area (Å²) in [6, 6.07) is 15.1. The first-order chi connectivity index (χ1) is 18.0. The van der Waals surface area contributed by atoms with Crippen molar-refractivity contribution < 1.29 is 28.5 Å². The molecule has 4 aromatic rings. The third kappa shape index (κ3) is 7.64. The van der Waals surface area contributed by atoms with Crippen molar-refractivity contribution in [2.75, 3.05) is 39.6 Å². The average Bonchev–Trinajstić information content (AvgIpc) is 3.39. The van der Waals surface area contributed by atoms with Crippen LogP contribution in [0.1, 0.15) is 6.42 Å². The van der Waals surface area contributed by atoms with Crippen molar-refractivity contribution in [2.45, 2.75) is 19.5 Å². The third-order valence-electron chi connectivity index (χ3n) is 5.25. The van der Waals surface area contributed by atoms with Gasteiger partial charge in [0, 0.05) is 0 Å². The number of hydrogen-bond acceptors (Lipinski definition) is 8. The summed E-state index contributed by atoms with van der Waals surface area (Å²) >= 11 is -0.0930. The van der Waals surface area contributed by atoms with Crippen LogP contribution in [0, 0.1) is 0 Å². The summed E-state index contributed by atoms with van der Waals surface area (Å²) in [5, 5.41) is 1.50. The number of fused-ring (bicyclic) bond motifs is 2. The van der Waals surface area contributed by atoms with Crippen LogP contribution < -0.4 is 11.1 Å². The Morgan fingerprint density at radius 1 is 0.622 bits per heavy atom. The summed E-state index contributed by atoms with van der Waals surface area (Å²) in [6.45, 7) is 1.97. The van der Waals surface area contributed by atoms with E-state index >= 15 is 0 Å². The molecule has 0 N–H and O–H groups in total. The van der Waals surface area contributed by atoms with Crippen LogP contribution in [0.3, 0.4) is 0 Å². The van der Waals surface area contributed by atoms with Gasteiger partial charge in [0.2, 0.25) is 0 Å². The van der Waals surface area contributed by atoms with E-state index < -0.39 is 18.4 Å². The molecule has 4 rings (SSSR count). The molecular weight excluding hydrogens is 614 g/mol. The van der Waals surface area contributed by atoms with Gasteiger partial charge >= 0.3 is 225 Å². The maximum absolute atomic E-state index is 12.3. The zero-order valence-electron chi connectivity index (χ0n) is 20.0. The Balaban J connectivity index is 1.02. The monoisotopic (exact) mass is 642 g/mol. The van der Waals surface area contributed by atoms with Crippen LogP contribution in [0.4, 0.5) is 0 Å². The Bertz CT molecular complexity index is 1360. The standard InChI is InChI=1S/C25H26N2O8Se2/c28-22(34-15-13-32-11-9-26-24(30)18-5-1-3-7-20(18)36-26)17-23(29)35-16-14-33-12-10-27-25(31)19-6-2-4-8-21(19)37-27/h1-8H,9-17H2. The van der Waals surface area contributed by atoms with Gasteiger partial charge in [-0.1, -0.05) is 0 Å². The number of esters is 2. The van der Waals surface area contributed by atoms with Crippen molar-refractivity contribution in [1.82, 2.24) is 7.12 Å². The Morgan fingerprint density at radius 3 is 1.49 bits per heavy atom. The van der Waals surface area contributed by atoms with Gasteiger partial charge in [-0.25, -0.2) is 0 Å². The van der Waals surface area contributed by atoms with Crippen molar-refractivity contribution in [3.63, 3.8) is 0 Å². The van der Waals surface area contributed by atoms with Crippen molar-refractivity contribution in [1.29, 1.82) is 0 Å². The first-order valence-corrected chi connectivity index (χ1v) is 14.9. The van der Waals surface area contributed by atoms with Crippen LogP contribution in [-0.4, -0.2) is 88.2 Å². The molecule has 0 saturated heterocycles. The van der Waals surface area contributed by atoms with Crippen LogP contribution >= 0.6 is 0 Å². The topological polar surface area (TPSA) is 115 Å². The molecule has 0 aliphatic carbocycles. The quantitative estimate of drug-likeness (QED) is 0.0855. The van der Waals surface area contributed by atoms with Gasteiger partial charge in [0.05, 0.1) is 0 Å². The first-order valence-electron chi connectivity index (χ1n) is 11.7. The van der Waals surface area contributed by atoms with Crippen molar-refractivity contribution in [3.8, 4) is 0 Å². The second-order valence-corrected chi connectivity index (χ2v) is 12.3. The van der Waals surface area contributed by atoms with Gasteiger partial charge in [-0.15, -0.1) is 0 Å². The molecule has 2 heterocycles. The molecule has 0 radical (unpaired) electrons. The summed E-state index contributed by atoms with van der Waals surface area (Å²) in [5.41, 5.74) is 0.0333. The zero-order chi connectivity index (χ0) is 26.0. The molecular formula is C25H26N2O8Se2. The predicted molar refractivity (Wildman–Crippen MR) is 138 cm³/mol. The fourth-order valence-corrected chi connectivity index (χ4v) is 7.58. The van der Waals surface area contributed by atoms with E-state index in [9.17, 15) is 19.2 Å². The first kappa shape index (κ1) is 27.3. The van der Waals surface area contributed by atoms with Crippen LogP contribution in [0.15, 0.2) is 58.1 Å². The predicted octanol–water partition coefficient (Wildman–Crippen LogP) is 0.640. The number of hydrogen-bond donors (Lipinski definition) is 0. The number of benzene rings is 2. The molecule has 0 spiro atoms. The number of rotatable bonds is 14. The van der Waals surface area contributed by atoms with Gasteiger partial charge < -0.3 is 0 Å². The van der Waals surface area contributed by atoms with Crippen LogP contribution in [0.25, 0.3) is 19.3 Å². The molecule has 0 fully saturated rings. The molecule has 10 nitrogen and oxygen atoms in total. The Morgan fingerprint density at radius 2 is 1.05 bits per heavy atom. The zero-order valence-corrected chi connectivity index (χ0v) is 23.4. The number of ether oxygens (including phenoxy) is 4. The van der Waals surface area contributed by atoms with Crippen molar-refractivity contribution in [3.05, 3.63) is 69.2 Å². The summed E-state index contributed by atoms with van der Waals surface area (Å²) < 4.78 is 26.5. The Labute approximate surface area is 224 Å². The summed E-state index contributed by atoms with van der Waals surface area (Å²) in [4.78, 5) is 48.1. The van der Waals surface area contributed by atoms with Gasteiger partial charge in [-0.3, -0.25) is 0 Å². The van der Waals surface area contributed by atoms with Gasteiger partial charge in [-0.05, 0) is 0 Å². The number of carbonyl (C=O) groups excluding carboxylic acids is 2. The minimum absolute atomic E-state index is 0.00905. The molecule has 37 heavy (non-hydrogen) atoms. The van der Waals surface area contributed by atoms with Gasteiger partial charge in [-0.2, -0.15) is 0 Å². The molecule has 196 valence electrons. The SMILES string of the molecule is O=C(CC(=O)OCCOCCn1[se]c2ccccc2c1=O)OCCOCCn1[se]c2ccccc2c1=O. The van der Waals surface area contributed by atoms with E-state index in [-0.39, 0.29) is 67.0 Å². The molecule has 0 bridgehead atoms. The van der Waals surface area contributed by atoms with Crippen LogP contribution in [0.5, 0.6) is 0 Å². The van der Waals surface area contributed by atoms with Gasteiger partial charge in [0.15, 0.2) is 0 Å². The van der Waals surface area contributed by atoms with Crippen LogP contribution in [-0.2, 0) is 41.6 Å². The van der Waals surface area contributed by atoms with E-state index in [1.165, 1.54) is 0 Å². The molecule has 0 aliphatic rings. The molecule has 12 heteroatoms. The molecule has 0 aliphatic heterocycles. The van der Waals surface area contributed by atoms with Gasteiger partial charge in [0.1, 0.15) is 0 Å².